The standard InChI is InChI=1S/C22H28O.W/c1-17-11-14-20(22(2,3)19-9-5-4-6-10-19)21(16-17)23-15-7-8-18-12-13-18;/h4-6,9-10,17-18,20-21H,11-14,16H2,1-3H3;/t17-,20-,21-;/m1./s1. The van der Waals surface area contributed by atoms with Crippen LogP contribution in [0.3, 0.4) is 0 Å². The van der Waals surface area contributed by atoms with Crippen LogP contribution in [-0.2, 0) is 29.5 Å². The first-order valence-electron chi connectivity index (χ1n) is 9.24. The fraction of sp³-hybridized carbons (Fsp3) is 0.591. The third-order valence-corrected chi connectivity index (χ3v) is 6.43. The molecule has 2 aliphatic rings. The van der Waals surface area contributed by atoms with Gasteiger partial charge in [0, 0.05) is 0 Å². The van der Waals surface area contributed by atoms with Crippen molar-refractivity contribution in [1.29, 1.82) is 0 Å². The number of hydrogen-bond acceptors (Lipinski definition) is 1. The summed E-state index contributed by atoms with van der Waals surface area (Å²) >= 11 is 1.37. The molecular weight excluding hydrogens is 464 g/mol. The molecule has 0 aliphatic heterocycles. The quantitative estimate of drug-likeness (QED) is 0.545. The van der Waals surface area contributed by atoms with E-state index >= 15 is 0 Å². The third kappa shape index (κ3) is 4.47. The molecule has 0 saturated heterocycles. The Balaban J connectivity index is 1.76. The second-order valence-electron chi connectivity index (χ2n) is 8.10. The third-order valence-electron chi connectivity index (χ3n) is 5.71. The molecule has 2 fully saturated rings. The summed E-state index contributed by atoms with van der Waals surface area (Å²) < 4.78 is 7.44. The van der Waals surface area contributed by atoms with Crippen molar-refractivity contribution < 1.29 is 24.1 Å². The van der Waals surface area contributed by atoms with E-state index in [1.165, 1.54) is 50.6 Å². The van der Waals surface area contributed by atoms with E-state index in [0.29, 0.717) is 17.9 Å². The van der Waals surface area contributed by atoms with Gasteiger partial charge in [-0.2, -0.15) is 0 Å². The Hall–Kier alpha value is -0.702. The number of rotatable bonds is 4. The van der Waals surface area contributed by atoms with Crippen molar-refractivity contribution >= 4 is 4.08 Å². The Morgan fingerprint density at radius 1 is 1.12 bits per heavy atom. The molecule has 0 radical (unpaired) electrons. The molecule has 3 rings (SSSR count). The number of benzene rings is 1. The van der Waals surface area contributed by atoms with Crippen LogP contribution < -0.4 is 0 Å². The predicted molar refractivity (Wildman–Crippen MR) is 96.4 cm³/mol. The zero-order valence-corrected chi connectivity index (χ0v) is 18.0. The van der Waals surface area contributed by atoms with Gasteiger partial charge in [-0.3, -0.25) is 0 Å². The fourth-order valence-electron chi connectivity index (χ4n) is 3.92. The molecule has 0 aromatic heterocycles. The molecule has 0 unspecified atom stereocenters. The van der Waals surface area contributed by atoms with Crippen molar-refractivity contribution in [3.05, 3.63) is 35.9 Å². The monoisotopic (exact) mass is 492 g/mol. The first-order valence-corrected chi connectivity index (χ1v) is 10.7. The Morgan fingerprint density at radius 3 is 2.50 bits per heavy atom. The molecule has 1 nitrogen and oxygen atoms in total. The van der Waals surface area contributed by atoms with Crippen molar-refractivity contribution in [2.75, 3.05) is 0 Å². The van der Waals surface area contributed by atoms with E-state index in [9.17, 15) is 0 Å². The van der Waals surface area contributed by atoms with Gasteiger partial charge in [-0.1, -0.05) is 0 Å². The van der Waals surface area contributed by atoms with Crippen LogP contribution in [0.25, 0.3) is 0 Å². The van der Waals surface area contributed by atoms with E-state index in [2.05, 4.69) is 62.9 Å². The zero-order valence-electron chi connectivity index (χ0n) is 15.0. The van der Waals surface area contributed by atoms with Crippen LogP contribution in [-0.4, -0.2) is 10.2 Å². The van der Waals surface area contributed by atoms with Crippen LogP contribution in [0.1, 0.15) is 58.4 Å². The summed E-state index contributed by atoms with van der Waals surface area (Å²) in [6, 6.07) is 10.9. The van der Waals surface area contributed by atoms with Crippen molar-refractivity contribution in [3.63, 3.8) is 0 Å². The molecule has 0 spiro atoms. The molecule has 0 amide bonds. The summed E-state index contributed by atoms with van der Waals surface area (Å²) in [6.07, 6.45) is 6.56. The molecule has 2 saturated carbocycles. The first-order chi connectivity index (χ1) is 11.5. The van der Waals surface area contributed by atoms with Crippen LogP contribution >= 0.6 is 0 Å². The van der Waals surface area contributed by atoms with Crippen LogP contribution in [0, 0.1) is 29.6 Å². The Labute approximate surface area is 158 Å². The van der Waals surface area contributed by atoms with Crippen LogP contribution in [0.2, 0.25) is 0 Å². The van der Waals surface area contributed by atoms with Crippen LogP contribution in [0.4, 0.5) is 0 Å². The van der Waals surface area contributed by atoms with Crippen LogP contribution in [0.5, 0.6) is 0 Å². The molecule has 2 heteroatoms. The topological polar surface area (TPSA) is 9.23 Å². The van der Waals surface area contributed by atoms with Gasteiger partial charge in [0.25, 0.3) is 0 Å². The van der Waals surface area contributed by atoms with E-state index in [-0.39, 0.29) is 5.41 Å². The molecule has 3 atom stereocenters. The van der Waals surface area contributed by atoms with Crippen molar-refractivity contribution in [3.8, 4) is 11.8 Å². The Kier molecular flexibility index (Phi) is 5.79. The average molecular weight is 492 g/mol. The first kappa shape index (κ1) is 18.1. The van der Waals surface area contributed by atoms with E-state index in [0.717, 1.165) is 16.4 Å². The van der Waals surface area contributed by atoms with Gasteiger partial charge < -0.3 is 0 Å². The van der Waals surface area contributed by atoms with Gasteiger partial charge in [0.1, 0.15) is 0 Å². The second-order valence-corrected chi connectivity index (χ2v) is 9.43. The Bertz CT molecular complexity index is 633. The van der Waals surface area contributed by atoms with E-state index in [1.54, 1.807) is 0 Å². The minimum atomic E-state index is 0.131. The normalized spacial score (nSPS) is 27.2. The Morgan fingerprint density at radius 2 is 1.83 bits per heavy atom. The van der Waals surface area contributed by atoms with Gasteiger partial charge in [0.05, 0.1) is 0 Å². The fourth-order valence-corrected chi connectivity index (χ4v) is 4.58. The number of ether oxygens (including phenoxy) is 1. The maximum absolute atomic E-state index is 6.44. The molecular formula is C22H28OW. The van der Waals surface area contributed by atoms with E-state index in [1.807, 2.05) is 0 Å². The minimum absolute atomic E-state index is 0.131. The average Bonchev–Trinajstić information content (AvgIpc) is 3.38. The molecule has 0 heterocycles. The van der Waals surface area contributed by atoms with E-state index in [4.69, 9.17) is 4.74 Å². The molecule has 0 bridgehead atoms. The molecule has 1 aromatic carbocycles. The van der Waals surface area contributed by atoms with Crippen molar-refractivity contribution in [2.45, 2.75) is 64.4 Å². The summed E-state index contributed by atoms with van der Waals surface area (Å²) in [5, 5.41) is 0. The van der Waals surface area contributed by atoms with Gasteiger partial charge in [-0.25, -0.2) is 0 Å². The van der Waals surface area contributed by atoms with Crippen molar-refractivity contribution in [1.82, 2.24) is 0 Å². The summed E-state index contributed by atoms with van der Waals surface area (Å²) in [7, 11) is 0. The van der Waals surface area contributed by atoms with E-state index < -0.39 is 0 Å². The van der Waals surface area contributed by atoms with Gasteiger partial charge in [0.2, 0.25) is 0 Å². The molecule has 24 heavy (non-hydrogen) atoms. The SMILES string of the molecule is C[C@@H]1CC[C@@H](C(C)(C)c2ccccc2)[C@H](O[C](=[W])C#CC2CC2)C1. The summed E-state index contributed by atoms with van der Waals surface area (Å²) in [4.78, 5) is 0. The summed E-state index contributed by atoms with van der Waals surface area (Å²) in [5.41, 5.74) is 1.55. The maximum atomic E-state index is 6.44. The van der Waals surface area contributed by atoms with Gasteiger partial charge >= 0.3 is 158 Å². The summed E-state index contributed by atoms with van der Waals surface area (Å²) in [5.74, 6) is 8.59. The second kappa shape index (κ2) is 7.68. The van der Waals surface area contributed by atoms with Crippen molar-refractivity contribution in [2.24, 2.45) is 17.8 Å². The molecule has 1 aromatic rings. The molecule has 128 valence electrons. The number of hydrogen-bond donors (Lipinski definition) is 0. The van der Waals surface area contributed by atoms with Crippen LogP contribution in [0.15, 0.2) is 30.3 Å². The zero-order chi connectivity index (χ0) is 17.2. The molecule has 2 aliphatic carbocycles. The predicted octanol–water partition coefficient (Wildman–Crippen LogP) is 4.88. The summed E-state index contributed by atoms with van der Waals surface area (Å²) in [6.45, 7) is 7.13. The van der Waals surface area contributed by atoms with Gasteiger partial charge in [-0.05, 0) is 0 Å². The van der Waals surface area contributed by atoms with Gasteiger partial charge in [0.15, 0.2) is 0 Å². The molecule has 0 N–H and O–H groups in total. The van der Waals surface area contributed by atoms with Gasteiger partial charge in [-0.15, -0.1) is 0 Å².